The summed E-state index contributed by atoms with van der Waals surface area (Å²) in [6.45, 7) is 4.15. The Morgan fingerprint density at radius 2 is 2.04 bits per heavy atom. The molecule has 6 heteroatoms. The molecule has 0 aromatic heterocycles. The van der Waals surface area contributed by atoms with Gasteiger partial charge in [0, 0.05) is 37.9 Å². The van der Waals surface area contributed by atoms with E-state index in [0.717, 1.165) is 57.5 Å². The minimum absolute atomic E-state index is 0.153. The van der Waals surface area contributed by atoms with Gasteiger partial charge < -0.3 is 16.0 Å². The summed E-state index contributed by atoms with van der Waals surface area (Å²) in [6.07, 6.45) is 4.14. The van der Waals surface area contributed by atoms with Crippen molar-refractivity contribution in [1.82, 2.24) is 9.80 Å². The van der Waals surface area contributed by atoms with Gasteiger partial charge in [0.05, 0.1) is 10.7 Å². The molecule has 128 valence electrons. The Bertz CT molecular complexity index is 547. The van der Waals surface area contributed by atoms with E-state index in [1.54, 1.807) is 12.1 Å². The fraction of sp³-hybridized carbons (Fsp3) is 0.647. The molecule has 0 spiro atoms. The van der Waals surface area contributed by atoms with Crippen LogP contribution in [0.4, 0.5) is 10.1 Å². The maximum absolute atomic E-state index is 13.4. The van der Waals surface area contributed by atoms with E-state index in [4.69, 9.17) is 17.3 Å². The largest absolute Gasteiger partial charge is 0.367 e. The molecule has 2 fully saturated rings. The number of nitrogens with zero attached hydrogens (tertiary/aromatic N) is 2. The summed E-state index contributed by atoms with van der Waals surface area (Å²) in [5.41, 5.74) is 7.00. The average molecular weight is 341 g/mol. The number of rotatable bonds is 3. The Balaban J connectivity index is 1.84. The molecule has 1 aromatic carbocycles. The number of nitrogens with one attached hydrogen (secondary N) is 1. The Morgan fingerprint density at radius 1 is 1.30 bits per heavy atom. The third-order valence-electron chi connectivity index (χ3n) is 5.17. The molecular formula is C17H26ClFN4. The Morgan fingerprint density at radius 3 is 2.70 bits per heavy atom. The van der Waals surface area contributed by atoms with Crippen molar-refractivity contribution >= 4 is 17.3 Å². The van der Waals surface area contributed by atoms with Crippen molar-refractivity contribution in [2.45, 2.75) is 37.4 Å². The van der Waals surface area contributed by atoms with Crippen molar-refractivity contribution in [2.75, 3.05) is 38.5 Å². The molecule has 0 radical (unpaired) electrons. The summed E-state index contributed by atoms with van der Waals surface area (Å²) in [6, 6.07) is 5.06. The molecule has 1 saturated carbocycles. The summed E-state index contributed by atoms with van der Waals surface area (Å²) in [7, 11) is 2.16. The second-order valence-electron chi connectivity index (χ2n) is 6.93. The number of hydrogen-bond acceptors (Lipinski definition) is 4. The van der Waals surface area contributed by atoms with Crippen molar-refractivity contribution in [3.63, 3.8) is 0 Å². The first-order valence-electron chi connectivity index (χ1n) is 8.41. The highest BCUT2D eigenvalue weighted by atomic mass is 35.5. The lowest BCUT2D eigenvalue weighted by Gasteiger charge is -2.51. The van der Waals surface area contributed by atoms with Crippen LogP contribution in [0.2, 0.25) is 5.02 Å². The van der Waals surface area contributed by atoms with Crippen LogP contribution in [0.1, 0.15) is 25.7 Å². The van der Waals surface area contributed by atoms with E-state index in [1.165, 1.54) is 6.07 Å². The highest BCUT2D eigenvalue weighted by Crippen LogP contribution is 2.35. The van der Waals surface area contributed by atoms with Crippen molar-refractivity contribution in [3.8, 4) is 0 Å². The van der Waals surface area contributed by atoms with Gasteiger partial charge in [-0.15, -0.1) is 0 Å². The fourth-order valence-electron chi connectivity index (χ4n) is 3.85. The zero-order valence-electron chi connectivity index (χ0n) is 13.7. The number of halogens is 2. The van der Waals surface area contributed by atoms with E-state index < -0.39 is 0 Å². The van der Waals surface area contributed by atoms with Gasteiger partial charge in [0.15, 0.2) is 0 Å². The molecule has 4 nitrogen and oxygen atoms in total. The number of hydrogen-bond donors (Lipinski definition) is 2. The summed E-state index contributed by atoms with van der Waals surface area (Å²) >= 11 is 5.95. The summed E-state index contributed by atoms with van der Waals surface area (Å²) in [5, 5.41) is 3.81. The topological polar surface area (TPSA) is 44.5 Å². The molecule has 2 atom stereocenters. The van der Waals surface area contributed by atoms with Gasteiger partial charge in [0.1, 0.15) is 5.82 Å². The zero-order valence-corrected chi connectivity index (χ0v) is 14.4. The number of nitrogens with two attached hydrogens (primary N) is 1. The first-order valence-corrected chi connectivity index (χ1v) is 8.79. The predicted octanol–water partition coefficient (Wildman–Crippen LogP) is 2.74. The second-order valence-corrected chi connectivity index (χ2v) is 7.34. The normalized spacial score (nSPS) is 30.3. The number of anilines is 1. The SMILES string of the molecule is CN1CCN(C2(Nc3ccc(F)c(Cl)c3)CCCC(N)C2)CC1. The molecule has 3 rings (SSSR count). The lowest BCUT2D eigenvalue weighted by molar-refractivity contribution is 0.0275. The van der Waals surface area contributed by atoms with Crippen molar-refractivity contribution in [2.24, 2.45) is 5.73 Å². The Labute approximate surface area is 142 Å². The molecule has 1 aromatic rings. The standard InChI is InChI=1S/C17H26ClFN4/c1-22-7-9-23(10-8-22)17(6-2-3-13(20)12-17)21-14-4-5-16(19)15(18)11-14/h4-5,11,13,21H,2-3,6-10,12,20H2,1H3. The lowest BCUT2D eigenvalue weighted by Crippen LogP contribution is -2.63. The van der Waals surface area contributed by atoms with Crippen LogP contribution in [-0.4, -0.2) is 54.7 Å². The quantitative estimate of drug-likeness (QED) is 0.888. The van der Waals surface area contributed by atoms with Gasteiger partial charge in [-0.3, -0.25) is 4.90 Å². The molecule has 2 unspecified atom stereocenters. The van der Waals surface area contributed by atoms with Gasteiger partial charge in [-0.05, 0) is 50.9 Å². The van der Waals surface area contributed by atoms with Crippen LogP contribution in [0.5, 0.6) is 0 Å². The summed E-state index contributed by atoms with van der Waals surface area (Å²) in [4.78, 5) is 4.87. The molecule has 3 N–H and O–H groups in total. The third-order valence-corrected chi connectivity index (χ3v) is 5.46. The molecule has 0 amide bonds. The average Bonchev–Trinajstić information content (AvgIpc) is 2.51. The molecule has 1 saturated heterocycles. The maximum atomic E-state index is 13.4. The molecule has 1 heterocycles. The first-order chi connectivity index (χ1) is 11.0. The first kappa shape index (κ1) is 17.0. The molecule has 1 aliphatic heterocycles. The van der Waals surface area contributed by atoms with E-state index >= 15 is 0 Å². The van der Waals surface area contributed by atoms with E-state index in [9.17, 15) is 4.39 Å². The Kier molecular flexibility index (Phi) is 5.11. The Hall–Kier alpha value is -0.880. The van der Waals surface area contributed by atoms with E-state index in [0.29, 0.717) is 0 Å². The predicted molar refractivity (Wildman–Crippen MR) is 93.3 cm³/mol. The van der Waals surface area contributed by atoms with E-state index in [1.807, 2.05) is 0 Å². The van der Waals surface area contributed by atoms with Crippen molar-refractivity contribution in [3.05, 3.63) is 29.0 Å². The minimum Gasteiger partial charge on any atom is -0.367 e. The minimum atomic E-state index is -0.383. The molecule has 2 aliphatic rings. The lowest BCUT2D eigenvalue weighted by atomic mass is 9.83. The maximum Gasteiger partial charge on any atom is 0.141 e. The summed E-state index contributed by atoms with van der Waals surface area (Å²) < 4.78 is 13.4. The van der Waals surface area contributed by atoms with Gasteiger partial charge in [-0.25, -0.2) is 4.39 Å². The van der Waals surface area contributed by atoms with Gasteiger partial charge in [0.2, 0.25) is 0 Å². The molecule has 0 bridgehead atoms. The molecule has 23 heavy (non-hydrogen) atoms. The van der Waals surface area contributed by atoms with Gasteiger partial charge in [-0.1, -0.05) is 11.6 Å². The van der Waals surface area contributed by atoms with Crippen molar-refractivity contribution in [1.29, 1.82) is 0 Å². The monoisotopic (exact) mass is 340 g/mol. The van der Waals surface area contributed by atoms with Crippen LogP contribution in [-0.2, 0) is 0 Å². The van der Waals surface area contributed by atoms with Gasteiger partial charge in [0.25, 0.3) is 0 Å². The second kappa shape index (κ2) is 6.93. The van der Waals surface area contributed by atoms with Gasteiger partial charge >= 0.3 is 0 Å². The van der Waals surface area contributed by atoms with Crippen LogP contribution >= 0.6 is 11.6 Å². The van der Waals surface area contributed by atoms with Crippen LogP contribution in [0, 0.1) is 5.82 Å². The van der Waals surface area contributed by atoms with Crippen molar-refractivity contribution < 1.29 is 4.39 Å². The molecular weight excluding hydrogens is 315 g/mol. The molecule has 1 aliphatic carbocycles. The van der Waals surface area contributed by atoms with Crippen LogP contribution in [0.25, 0.3) is 0 Å². The van der Waals surface area contributed by atoms with Crippen LogP contribution in [0.3, 0.4) is 0 Å². The third kappa shape index (κ3) is 3.79. The highest BCUT2D eigenvalue weighted by molar-refractivity contribution is 6.31. The van der Waals surface area contributed by atoms with E-state index in [-0.39, 0.29) is 22.5 Å². The number of likely N-dealkylation sites (N-methyl/N-ethyl adjacent to an activating group) is 1. The highest BCUT2D eigenvalue weighted by Gasteiger charge is 2.41. The van der Waals surface area contributed by atoms with Gasteiger partial charge in [-0.2, -0.15) is 0 Å². The van der Waals surface area contributed by atoms with E-state index in [2.05, 4.69) is 22.2 Å². The smallest absolute Gasteiger partial charge is 0.141 e. The fourth-order valence-corrected chi connectivity index (χ4v) is 4.03. The number of piperazine rings is 1. The summed E-state index contributed by atoms with van der Waals surface area (Å²) in [5.74, 6) is -0.383. The van der Waals surface area contributed by atoms with Crippen LogP contribution in [0.15, 0.2) is 18.2 Å². The van der Waals surface area contributed by atoms with Crippen LogP contribution < -0.4 is 11.1 Å². The number of benzene rings is 1. The zero-order chi connectivity index (χ0) is 16.4.